The maximum atomic E-state index is 3.72. The van der Waals surface area contributed by atoms with Gasteiger partial charge in [0.2, 0.25) is 0 Å². The fourth-order valence-electron chi connectivity index (χ4n) is 2.15. The molecule has 90 valence electrons. The summed E-state index contributed by atoms with van der Waals surface area (Å²) in [5.41, 5.74) is 0. The first kappa shape index (κ1) is 13.0. The van der Waals surface area contributed by atoms with Gasteiger partial charge in [-0.2, -0.15) is 0 Å². The standard InChI is InChI=1S/C14H29N/c1-4-12(3)11-14(5-2)15-10-6-7-13-8-9-13/h12-15H,4-11H2,1-3H3. The lowest BCUT2D eigenvalue weighted by Crippen LogP contribution is -2.31. The second-order valence-corrected chi connectivity index (χ2v) is 5.39. The van der Waals surface area contributed by atoms with Gasteiger partial charge in [0.15, 0.2) is 0 Å². The van der Waals surface area contributed by atoms with E-state index in [9.17, 15) is 0 Å². The smallest absolute Gasteiger partial charge is 0.00669 e. The second-order valence-electron chi connectivity index (χ2n) is 5.39. The highest BCUT2D eigenvalue weighted by Crippen LogP contribution is 2.33. The molecule has 0 heterocycles. The van der Waals surface area contributed by atoms with Crippen LogP contribution in [-0.2, 0) is 0 Å². The van der Waals surface area contributed by atoms with Gasteiger partial charge in [-0.25, -0.2) is 0 Å². The Hall–Kier alpha value is -0.0400. The zero-order valence-corrected chi connectivity index (χ0v) is 10.9. The van der Waals surface area contributed by atoms with Crippen LogP contribution >= 0.6 is 0 Å². The van der Waals surface area contributed by atoms with E-state index in [0.29, 0.717) is 0 Å². The quantitative estimate of drug-likeness (QED) is 0.569. The third kappa shape index (κ3) is 6.19. The Labute approximate surface area is 96.0 Å². The van der Waals surface area contributed by atoms with Crippen LogP contribution in [-0.4, -0.2) is 12.6 Å². The monoisotopic (exact) mass is 211 g/mol. The van der Waals surface area contributed by atoms with E-state index in [1.54, 1.807) is 0 Å². The molecular weight excluding hydrogens is 182 g/mol. The lowest BCUT2D eigenvalue weighted by Gasteiger charge is -2.20. The van der Waals surface area contributed by atoms with Gasteiger partial charge >= 0.3 is 0 Å². The summed E-state index contributed by atoms with van der Waals surface area (Å²) in [5, 5.41) is 3.72. The lowest BCUT2D eigenvalue weighted by molar-refractivity contribution is 0.381. The number of rotatable bonds is 9. The molecule has 0 aromatic rings. The summed E-state index contributed by atoms with van der Waals surface area (Å²) in [7, 11) is 0. The SMILES string of the molecule is CCC(C)CC(CC)NCCCC1CC1. The van der Waals surface area contributed by atoms with Gasteiger partial charge in [0.1, 0.15) is 0 Å². The highest BCUT2D eigenvalue weighted by atomic mass is 14.9. The zero-order chi connectivity index (χ0) is 11.1. The topological polar surface area (TPSA) is 12.0 Å². The van der Waals surface area contributed by atoms with Crippen LogP contribution in [0.5, 0.6) is 0 Å². The molecule has 0 bridgehead atoms. The molecule has 1 saturated carbocycles. The van der Waals surface area contributed by atoms with Crippen LogP contribution in [0.4, 0.5) is 0 Å². The van der Waals surface area contributed by atoms with Crippen LogP contribution in [0, 0.1) is 11.8 Å². The Morgan fingerprint density at radius 3 is 2.47 bits per heavy atom. The third-order valence-corrected chi connectivity index (χ3v) is 3.80. The molecule has 0 aliphatic heterocycles. The molecule has 0 saturated heterocycles. The van der Waals surface area contributed by atoms with Crippen molar-refractivity contribution in [1.29, 1.82) is 0 Å². The summed E-state index contributed by atoms with van der Waals surface area (Å²) in [6.45, 7) is 8.21. The zero-order valence-electron chi connectivity index (χ0n) is 10.9. The van der Waals surface area contributed by atoms with E-state index in [0.717, 1.165) is 17.9 Å². The molecular formula is C14H29N. The Balaban J connectivity index is 1.98. The van der Waals surface area contributed by atoms with Crippen LogP contribution in [0.1, 0.15) is 65.7 Å². The molecule has 1 rings (SSSR count). The first-order valence-corrected chi connectivity index (χ1v) is 6.99. The molecule has 1 N–H and O–H groups in total. The minimum Gasteiger partial charge on any atom is -0.314 e. The van der Waals surface area contributed by atoms with Gasteiger partial charge in [-0.05, 0) is 44.1 Å². The lowest BCUT2D eigenvalue weighted by atomic mass is 9.98. The van der Waals surface area contributed by atoms with E-state index in [2.05, 4.69) is 26.1 Å². The number of hydrogen-bond acceptors (Lipinski definition) is 1. The van der Waals surface area contributed by atoms with Crippen molar-refractivity contribution in [3.63, 3.8) is 0 Å². The van der Waals surface area contributed by atoms with Crippen molar-refractivity contribution in [3.8, 4) is 0 Å². The van der Waals surface area contributed by atoms with Crippen molar-refractivity contribution >= 4 is 0 Å². The molecule has 0 aromatic heterocycles. The average Bonchev–Trinajstić information content (AvgIpc) is 3.06. The summed E-state index contributed by atoms with van der Waals surface area (Å²) < 4.78 is 0. The third-order valence-electron chi connectivity index (χ3n) is 3.80. The molecule has 1 nitrogen and oxygen atoms in total. The van der Waals surface area contributed by atoms with E-state index in [1.807, 2.05) is 0 Å². The van der Waals surface area contributed by atoms with Crippen LogP contribution in [0.2, 0.25) is 0 Å². The molecule has 2 unspecified atom stereocenters. The van der Waals surface area contributed by atoms with E-state index >= 15 is 0 Å². The predicted molar refractivity (Wildman–Crippen MR) is 68.1 cm³/mol. The minimum absolute atomic E-state index is 0.763. The van der Waals surface area contributed by atoms with Crippen molar-refractivity contribution in [2.75, 3.05) is 6.54 Å². The van der Waals surface area contributed by atoms with Gasteiger partial charge in [0.05, 0.1) is 0 Å². The molecule has 0 radical (unpaired) electrons. The molecule has 1 aliphatic carbocycles. The number of hydrogen-bond donors (Lipinski definition) is 1. The number of nitrogens with one attached hydrogen (secondary N) is 1. The van der Waals surface area contributed by atoms with Gasteiger partial charge in [-0.15, -0.1) is 0 Å². The molecule has 0 spiro atoms. The van der Waals surface area contributed by atoms with Gasteiger partial charge in [0, 0.05) is 6.04 Å². The summed E-state index contributed by atoms with van der Waals surface area (Å²) in [4.78, 5) is 0. The van der Waals surface area contributed by atoms with Crippen molar-refractivity contribution < 1.29 is 0 Å². The largest absolute Gasteiger partial charge is 0.314 e. The fraction of sp³-hybridized carbons (Fsp3) is 1.00. The van der Waals surface area contributed by atoms with Gasteiger partial charge < -0.3 is 5.32 Å². The van der Waals surface area contributed by atoms with Crippen LogP contribution in [0.15, 0.2) is 0 Å². The van der Waals surface area contributed by atoms with Crippen molar-refractivity contribution in [2.45, 2.75) is 71.8 Å². The van der Waals surface area contributed by atoms with E-state index in [-0.39, 0.29) is 0 Å². The highest BCUT2D eigenvalue weighted by molar-refractivity contribution is 4.74. The van der Waals surface area contributed by atoms with Crippen LogP contribution in [0.3, 0.4) is 0 Å². The molecule has 1 heteroatoms. The van der Waals surface area contributed by atoms with Crippen LogP contribution < -0.4 is 5.32 Å². The van der Waals surface area contributed by atoms with Crippen LogP contribution in [0.25, 0.3) is 0 Å². The van der Waals surface area contributed by atoms with Crippen molar-refractivity contribution in [1.82, 2.24) is 5.32 Å². The van der Waals surface area contributed by atoms with E-state index in [4.69, 9.17) is 0 Å². The molecule has 1 aliphatic rings. The van der Waals surface area contributed by atoms with E-state index < -0.39 is 0 Å². The Morgan fingerprint density at radius 2 is 1.93 bits per heavy atom. The summed E-state index contributed by atoms with van der Waals surface area (Å²) >= 11 is 0. The summed E-state index contributed by atoms with van der Waals surface area (Å²) in [6, 6.07) is 0.763. The highest BCUT2D eigenvalue weighted by Gasteiger charge is 2.20. The second kappa shape index (κ2) is 7.27. The summed E-state index contributed by atoms with van der Waals surface area (Å²) in [6.07, 6.45) is 9.83. The van der Waals surface area contributed by atoms with Crippen molar-refractivity contribution in [3.05, 3.63) is 0 Å². The molecule has 1 fully saturated rings. The van der Waals surface area contributed by atoms with Crippen molar-refractivity contribution in [2.24, 2.45) is 11.8 Å². The fourth-order valence-corrected chi connectivity index (χ4v) is 2.15. The molecule has 15 heavy (non-hydrogen) atoms. The van der Waals surface area contributed by atoms with Gasteiger partial charge in [-0.3, -0.25) is 0 Å². The normalized spacial score (nSPS) is 20.2. The van der Waals surface area contributed by atoms with Gasteiger partial charge in [-0.1, -0.05) is 40.0 Å². The average molecular weight is 211 g/mol. The predicted octanol–water partition coefficient (Wildman–Crippen LogP) is 3.98. The molecule has 0 amide bonds. The van der Waals surface area contributed by atoms with E-state index in [1.165, 1.54) is 51.5 Å². The first-order chi connectivity index (χ1) is 7.26. The minimum atomic E-state index is 0.763. The molecule has 0 aromatic carbocycles. The maximum absolute atomic E-state index is 3.72. The Bertz CT molecular complexity index is 151. The first-order valence-electron chi connectivity index (χ1n) is 6.99. The maximum Gasteiger partial charge on any atom is 0.00669 e. The summed E-state index contributed by atoms with van der Waals surface area (Å²) in [5.74, 6) is 1.98. The Morgan fingerprint density at radius 1 is 1.20 bits per heavy atom. The molecule has 2 atom stereocenters. The van der Waals surface area contributed by atoms with Gasteiger partial charge in [0.25, 0.3) is 0 Å². The Kier molecular flexibility index (Phi) is 6.31.